The van der Waals surface area contributed by atoms with Crippen molar-refractivity contribution in [3.63, 3.8) is 0 Å². The molecule has 26 heavy (non-hydrogen) atoms. The summed E-state index contributed by atoms with van der Waals surface area (Å²) in [5.41, 5.74) is 3.46. The van der Waals surface area contributed by atoms with Gasteiger partial charge in [0.2, 0.25) is 5.89 Å². The maximum Gasteiger partial charge on any atom is 0.257 e. The van der Waals surface area contributed by atoms with Crippen LogP contribution in [0.1, 0.15) is 30.4 Å². The van der Waals surface area contributed by atoms with Gasteiger partial charge in [-0.2, -0.15) is 0 Å². The standard InChI is InChI=1S/C19H22N4OS2/c1-4-10-23(19(25)20-15-8-5-7-13(2)14(15)3)12-17-21-22-18(24-17)16-9-6-11-26-16/h5-9,11H,4,10,12H2,1-3H3,(H,20,25). The summed E-state index contributed by atoms with van der Waals surface area (Å²) in [4.78, 5) is 3.03. The maximum absolute atomic E-state index is 5.81. The molecule has 7 heteroatoms. The summed E-state index contributed by atoms with van der Waals surface area (Å²) in [7, 11) is 0. The fraction of sp³-hybridized carbons (Fsp3) is 0.316. The van der Waals surface area contributed by atoms with Gasteiger partial charge in [-0.05, 0) is 61.1 Å². The van der Waals surface area contributed by atoms with Gasteiger partial charge in [0.25, 0.3) is 5.89 Å². The lowest BCUT2D eigenvalue weighted by Crippen LogP contribution is -2.35. The molecule has 0 spiro atoms. The van der Waals surface area contributed by atoms with E-state index in [1.807, 2.05) is 29.6 Å². The summed E-state index contributed by atoms with van der Waals surface area (Å²) in [6.45, 7) is 7.61. The first-order valence-electron chi connectivity index (χ1n) is 8.57. The zero-order valence-corrected chi connectivity index (χ0v) is 16.8. The summed E-state index contributed by atoms with van der Waals surface area (Å²) in [6.07, 6.45) is 0.973. The van der Waals surface area contributed by atoms with Crippen LogP contribution in [0.25, 0.3) is 10.8 Å². The number of hydrogen-bond donors (Lipinski definition) is 1. The molecule has 0 amide bonds. The molecule has 0 atom stereocenters. The van der Waals surface area contributed by atoms with Crippen LogP contribution in [-0.2, 0) is 6.54 Å². The normalized spacial score (nSPS) is 10.7. The molecular formula is C19H22N4OS2. The number of nitrogens with one attached hydrogen (secondary N) is 1. The van der Waals surface area contributed by atoms with Crippen molar-refractivity contribution in [2.75, 3.05) is 11.9 Å². The molecule has 0 aliphatic heterocycles. The lowest BCUT2D eigenvalue weighted by molar-refractivity contribution is 0.359. The van der Waals surface area contributed by atoms with Crippen molar-refractivity contribution in [3.05, 3.63) is 52.7 Å². The monoisotopic (exact) mass is 386 g/mol. The van der Waals surface area contributed by atoms with E-state index in [0.717, 1.165) is 23.5 Å². The number of rotatable bonds is 6. The highest BCUT2D eigenvalue weighted by Gasteiger charge is 2.16. The predicted octanol–water partition coefficient (Wildman–Crippen LogP) is 5.02. The average Bonchev–Trinajstić information content (AvgIpc) is 3.30. The van der Waals surface area contributed by atoms with Gasteiger partial charge in [-0.15, -0.1) is 21.5 Å². The second kappa shape index (κ2) is 8.42. The summed E-state index contributed by atoms with van der Waals surface area (Å²) in [6, 6.07) is 10.1. The molecule has 3 aromatic rings. The smallest absolute Gasteiger partial charge is 0.257 e. The van der Waals surface area contributed by atoms with E-state index in [-0.39, 0.29) is 0 Å². The molecule has 0 fully saturated rings. The molecule has 0 radical (unpaired) electrons. The van der Waals surface area contributed by atoms with Gasteiger partial charge in [-0.1, -0.05) is 25.1 Å². The Bertz CT molecular complexity index is 874. The van der Waals surface area contributed by atoms with Crippen LogP contribution in [0.5, 0.6) is 0 Å². The van der Waals surface area contributed by atoms with E-state index in [1.165, 1.54) is 11.1 Å². The number of hydrogen-bond acceptors (Lipinski definition) is 5. The van der Waals surface area contributed by atoms with Gasteiger partial charge in [-0.3, -0.25) is 0 Å². The highest BCUT2D eigenvalue weighted by atomic mass is 32.1. The predicted molar refractivity (Wildman–Crippen MR) is 110 cm³/mol. The maximum atomic E-state index is 5.81. The lowest BCUT2D eigenvalue weighted by atomic mass is 10.1. The SMILES string of the molecule is CCCN(Cc1nnc(-c2cccs2)o1)C(=S)Nc1cccc(C)c1C. The molecule has 1 aromatic carbocycles. The number of thiophene rings is 1. The Kier molecular flexibility index (Phi) is 6.00. The van der Waals surface area contributed by atoms with Gasteiger partial charge in [0.05, 0.1) is 11.4 Å². The molecule has 3 rings (SSSR count). The van der Waals surface area contributed by atoms with Gasteiger partial charge < -0.3 is 14.6 Å². The number of thiocarbonyl (C=S) groups is 1. The second-order valence-electron chi connectivity index (χ2n) is 6.08. The van der Waals surface area contributed by atoms with Crippen molar-refractivity contribution in [1.29, 1.82) is 0 Å². The van der Waals surface area contributed by atoms with Crippen molar-refractivity contribution >= 4 is 34.4 Å². The molecular weight excluding hydrogens is 364 g/mol. The zero-order valence-electron chi connectivity index (χ0n) is 15.2. The topological polar surface area (TPSA) is 54.2 Å². The van der Waals surface area contributed by atoms with Gasteiger partial charge in [0.1, 0.15) is 0 Å². The zero-order chi connectivity index (χ0) is 18.5. The van der Waals surface area contributed by atoms with Gasteiger partial charge in [0, 0.05) is 12.2 Å². The molecule has 0 aliphatic rings. The first-order valence-corrected chi connectivity index (χ1v) is 9.85. The van der Waals surface area contributed by atoms with Crippen LogP contribution < -0.4 is 5.32 Å². The Morgan fingerprint density at radius 3 is 2.81 bits per heavy atom. The van der Waals surface area contributed by atoms with Crippen molar-refractivity contribution in [3.8, 4) is 10.8 Å². The minimum Gasteiger partial charge on any atom is -0.418 e. The highest BCUT2D eigenvalue weighted by Crippen LogP contribution is 2.24. The van der Waals surface area contributed by atoms with E-state index < -0.39 is 0 Å². The largest absolute Gasteiger partial charge is 0.418 e. The minimum absolute atomic E-state index is 0.489. The quantitative estimate of drug-likeness (QED) is 0.600. The summed E-state index contributed by atoms with van der Waals surface area (Å²) >= 11 is 7.22. The van der Waals surface area contributed by atoms with Crippen molar-refractivity contribution < 1.29 is 4.42 Å². The molecule has 136 valence electrons. The van der Waals surface area contributed by atoms with Crippen LogP contribution in [0.4, 0.5) is 5.69 Å². The Balaban J connectivity index is 1.72. The van der Waals surface area contributed by atoms with Crippen LogP contribution in [-0.4, -0.2) is 26.8 Å². The Morgan fingerprint density at radius 1 is 1.23 bits per heavy atom. The van der Waals surface area contributed by atoms with Gasteiger partial charge >= 0.3 is 0 Å². The fourth-order valence-electron chi connectivity index (χ4n) is 2.58. The third-order valence-corrected chi connectivity index (χ3v) is 5.37. The number of nitrogens with zero attached hydrogens (tertiary/aromatic N) is 3. The van der Waals surface area contributed by atoms with E-state index >= 15 is 0 Å². The lowest BCUT2D eigenvalue weighted by Gasteiger charge is -2.24. The van der Waals surface area contributed by atoms with Crippen LogP contribution in [0, 0.1) is 13.8 Å². The number of benzene rings is 1. The van der Waals surface area contributed by atoms with Gasteiger partial charge in [-0.25, -0.2) is 0 Å². The Hall–Kier alpha value is -2.25. The van der Waals surface area contributed by atoms with Crippen LogP contribution in [0.2, 0.25) is 0 Å². The molecule has 0 unspecified atom stereocenters. The van der Waals surface area contributed by atoms with Crippen LogP contribution in [0.3, 0.4) is 0 Å². The Labute approximate surface area is 163 Å². The first-order chi connectivity index (χ1) is 12.6. The fourth-order valence-corrected chi connectivity index (χ4v) is 3.49. The minimum atomic E-state index is 0.489. The van der Waals surface area contributed by atoms with E-state index in [2.05, 4.69) is 47.3 Å². The molecule has 0 saturated heterocycles. The second-order valence-corrected chi connectivity index (χ2v) is 7.41. The molecule has 5 nitrogen and oxygen atoms in total. The Morgan fingerprint density at radius 2 is 2.08 bits per heavy atom. The number of aromatic nitrogens is 2. The highest BCUT2D eigenvalue weighted by molar-refractivity contribution is 7.80. The van der Waals surface area contributed by atoms with Crippen LogP contribution in [0.15, 0.2) is 40.1 Å². The summed E-state index contributed by atoms with van der Waals surface area (Å²) in [5.74, 6) is 1.12. The van der Waals surface area contributed by atoms with E-state index in [9.17, 15) is 0 Å². The van der Waals surface area contributed by atoms with E-state index in [0.29, 0.717) is 23.4 Å². The molecule has 2 aromatic heterocycles. The van der Waals surface area contributed by atoms with Crippen molar-refractivity contribution in [1.82, 2.24) is 15.1 Å². The number of anilines is 1. The molecule has 0 saturated carbocycles. The third kappa shape index (κ3) is 4.28. The van der Waals surface area contributed by atoms with E-state index in [4.69, 9.17) is 16.6 Å². The molecule has 0 bridgehead atoms. The van der Waals surface area contributed by atoms with E-state index in [1.54, 1.807) is 11.3 Å². The molecule has 1 N–H and O–H groups in total. The molecule has 0 aliphatic carbocycles. The van der Waals surface area contributed by atoms with Crippen LogP contribution >= 0.6 is 23.6 Å². The van der Waals surface area contributed by atoms with Crippen molar-refractivity contribution in [2.24, 2.45) is 0 Å². The average molecular weight is 387 g/mol. The summed E-state index contributed by atoms with van der Waals surface area (Å²) in [5, 5.41) is 14.3. The third-order valence-electron chi connectivity index (χ3n) is 4.15. The van der Waals surface area contributed by atoms with Crippen molar-refractivity contribution in [2.45, 2.75) is 33.7 Å². The number of aryl methyl sites for hydroxylation is 1. The van der Waals surface area contributed by atoms with Gasteiger partial charge in [0.15, 0.2) is 5.11 Å². The first kappa shape index (κ1) is 18.5. The summed E-state index contributed by atoms with van der Waals surface area (Å²) < 4.78 is 5.81. The molecule has 2 heterocycles.